The first-order valence-corrected chi connectivity index (χ1v) is 11.6. The van der Waals surface area contributed by atoms with Gasteiger partial charge in [-0.05, 0) is 32.1 Å². The third-order valence-corrected chi connectivity index (χ3v) is 6.53. The van der Waals surface area contributed by atoms with Gasteiger partial charge < -0.3 is 19.7 Å². The summed E-state index contributed by atoms with van der Waals surface area (Å²) in [6.45, 7) is 2.92. The Hall–Kier alpha value is -3.09. The van der Waals surface area contributed by atoms with Crippen LogP contribution < -0.4 is 4.28 Å². The third-order valence-electron chi connectivity index (χ3n) is 5.39. The Morgan fingerprint density at radius 1 is 1.06 bits per heavy atom. The number of esters is 2. The van der Waals surface area contributed by atoms with E-state index in [-0.39, 0.29) is 40.7 Å². The first-order chi connectivity index (χ1) is 15.5. The fourth-order valence-corrected chi connectivity index (χ4v) is 4.47. The summed E-state index contributed by atoms with van der Waals surface area (Å²) < 4.78 is 66.0. The maximum atomic E-state index is 14.3. The van der Waals surface area contributed by atoms with Gasteiger partial charge in [-0.1, -0.05) is 23.5 Å². The normalized spacial score (nSPS) is 18.7. The van der Waals surface area contributed by atoms with E-state index in [1.807, 2.05) is 0 Å². The highest BCUT2D eigenvalue weighted by Crippen LogP contribution is 2.56. The number of alkyl halides is 2. The van der Waals surface area contributed by atoms with Crippen molar-refractivity contribution in [3.05, 3.63) is 35.9 Å². The molecule has 0 spiro atoms. The highest BCUT2D eigenvalue weighted by Gasteiger charge is 2.58. The molecule has 0 saturated heterocycles. The highest BCUT2D eigenvalue weighted by atomic mass is 32.2. The van der Waals surface area contributed by atoms with Crippen LogP contribution in [0.2, 0.25) is 0 Å². The molecule has 0 saturated carbocycles. The van der Waals surface area contributed by atoms with Gasteiger partial charge in [-0.25, -0.2) is 9.59 Å². The van der Waals surface area contributed by atoms with Gasteiger partial charge in [-0.2, -0.15) is 17.2 Å². The Kier molecular flexibility index (Phi) is 7.00. The van der Waals surface area contributed by atoms with Crippen LogP contribution in [0, 0.1) is 0 Å². The number of unbranched alkanes of at least 4 members (excludes halogenated alkanes) is 3. The summed E-state index contributed by atoms with van der Waals surface area (Å²) in [5.74, 6) is -5.17. The summed E-state index contributed by atoms with van der Waals surface area (Å²) in [4.78, 5) is 22.6. The molecule has 2 atom stereocenters. The van der Waals surface area contributed by atoms with E-state index in [0.29, 0.717) is 25.7 Å². The lowest BCUT2D eigenvalue weighted by Crippen LogP contribution is -2.44. The Labute approximate surface area is 188 Å². The minimum Gasteiger partial charge on any atom is -0.492 e. The quantitative estimate of drug-likeness (QED) is 0.195. The van der Waals surface area contributed by atoms with Crippen LogP contribution in [0.1, 0.15) is 55.1 Å². The van der Waals surface area contributed by atoms with E-state index in [4.69, 9.17) is 4.74 Å². The van der Waals surface area contributed by atoms with Crippen molar-refractivity contribution in [3.8, 4) is 11.8 Å². The molecule has 1 aromatic rings. The number of carbonyl (C=O) groups excluding carboxylic acids is 2. The van der Waals surface area contributed by atoms with Crippen molar-refractivity contribution in [2.75, 3.05) is 13.2 Å². The van der Waals surface area contributed by atoms with Gasteiger partial charge in [0, 0.05) is 29.0 Å². The van der Waals surface area contributed by atoms with Crippen LogP contribution in [0.25, 0.3) is 0 Å². The molecule has 2 N–H and O–H groups in total. The van der Waals surface area contributed by atoms with Crippen molar-refractivity contribution < 1.29 is 50.8 Å². The number of aromatic nitrogens is 1. The molecule has 0 amide bonds. The molecule has 182 valence electrons. The molecule has 0 radical (unpaired) electrons. The van der Waals surface area contributed by atoms with E-state index < -0.39 is 45.7 Å². The largest absolute Gasteiger partial charge is 0.492 e. The van der Waals surface area contributed by atoms with E-state index in [0.717, 1.165) is 6.08 Å². The average molecular weight is 491 g/mol. The lowest BCUT2D eigenvalue weighted by molar-refractivity contribution is -0.161. The SMILES string of the molecule is C=CC(=O)OCCCCCCOC(=O)C(F)(F)S(=O)(=O)On1c(O)c2c(c1O)C1C=CC2C1. The lowest BCUT2D eigenvalue weighted by Gasteiger charge is -2.17. The van der Waals surface area contributed by atoms with Gasteiger partial charge in [0.05, 0.1) is 13.2 Å². The van der Waals surface area contributed by atoms with Crippen LogP contribution in [0.15, 0.2) is 24.8 Å². The third kappa shape index (κ3) is 4.68. The van der Waals surface area contributed by atoms with E-state index in [2.05, 4.69) is 15.6 Å². The van der Waals surface area contributed by atoms with E-state index >= 15 is 0 Å². The standard InChI is InChI=1S/C20H23F2NO9S/c1-2-14(24)30-9-5-3-4-6-10-31-19(27)20(21,22)33(28,29)32-23-17(25)15-12-7-8-13(11-12)16(15)18(23)26/h2,7-8,12-13,25-26H,1,3-6,9-11H2. The van der Waals surface area contributed by atoms with Gasteiger partial charge in [0.2, 0.25) is 11.8 Å². The number of aromatic hydroxyl groups is 2. The van der Waals surface area contributed by atoms with Gasteiger partial charge >= 0.3 is 27.3 Å². The Morgan fingerprint density at radius 2 is 1.58 bits per heavy atom. The molecule has 33 heavy (non-hydrogen) atoms. The van der Waals surface area contributed by atoms with E-state index in [9.17, 15) is 37.0 Å². The lowest BCUT2D eigenvalue weighted by atomic mass is 10.0. The summed E-state index contributed by atoms with van der Waals surface area (Å²) in [6, 6.07) is 0. The molecule has 2 unspecified atom stereocenters. The minimum absolute atomic E-state index is 0.0213. The fourth-order valence-electron chi connectivity index (χ4n) is 3.77. The predicted octanol–water partition coefficient (Wildman–Crippen LogP) is 2.22. The smallest absolute Gasteiger partial charge is 0.478 e. The average Bonchev–Trinajstić information content (AvgIpc) is 3.45. The van der Waals surface area contributed by atoms with Gasteiger partial charge in [0.15, 0.2) is 0 Å². The van der Waals surface area contributed by atoms with Gasteiger partial charge in [0.1, 0.15) is 0 Å². The highest BCUT2D eigenvalue weighted by molar-refractivity contribution is 7.88. The second kappa shape index (κ2) is 9.41. The van der Waals surface area contributed by atoms with Crippen molar-refractivity contribution in [2.24, 2.45) is 0 Å². The molecule has 1 heterocycles. The minimum atomic E-state index is -5.97. The first kappa shape index (κ1) is 24.6. The zero-order valence-electron chi connectivity index (χ0n) is 17.4. The van der Waals surface area contributed by atoms with Crippen molar-refractivity contribution in [3.63, 3.8) is 0 Å². The maximum Gasteiger partial charge on any atom is 0.478 e. The zero-order chi connectivity index (χ0) is 24.4. The molecule has 2 aliphatic carbocycles. The van der Waals surface area contributed by atoms with Crippen molar-refractivity contribution in [1.82, 2.24) is 4.73 Å². The number of halogens is 2. The number of hydrogen-bond acceptors (Lipinski definition) is 9. The molecule has 2 bridgehead atoms. The molecule has 1 aromatic heterocycles. The first-order valence-electron chi connectivity index (χ1n) is 10.1. The summed E-state index contributed by atoms with van der Waals surface area (Å²) in [5.41, 5.74) is 0.390. The van der Waals surface area contributed by atoms with Gasteiger partial charge in [-0.3, -0.25) is 4.28 Å². The second-order valence-electron chi connectivity index (χ2n) is 7.57. The molecule has 0 aliphatic heterocycles. The van der Waals surface area contributed by atoms with Crippen molar-refractivity contribution >= 4 is 22.1 Å². The number of rotatable bonds is 12. The topological polar surface area (TPSA) is 141 Å². The fraction of sp³-hybridized carbons (Fsp3) is 0.500. The number of nitrogens with zero attached hydrogens (tertiary/aromatic N) is 1. The molecule has 13 heteroatoms. The Balaban J connectivity index is 1.52. The number of carbonyl (C=O) groups is 2. The summed E-state index contributed by atoms with van der Waals surface area (Å²) in [5, 5.41) is 15.3. The maximum absolute atomic E-state index is 14.3. The van der Waals surface area contributed by atoms with Crippen LogP contribution in [0.3, 0.4) is 0 Å². The number of allylic oxidation sites excluding steroid dienone is 2. The Morgan fingerprint density at radius 3 is 2.09 bits per heavy atom. The predicted molar refractivity (Wildman–Crippen MR) is 108 cm³/mol. The van der Waals surface area contributed by atoms with Crippen molar-refractivity contribution in [2.45, 2.75) is 49.2 Å². The van der Waals surface area contributed by atoms with Crippen LogP contribution >= 0.6 is 0 Å². The molecule has 0 fully saturated rings. The van der Waals surface area contributed by atoms with Gasteiger partial charge in [0.25, 0.3) is 0 Å². The molecule has 2 aliphatic rings. The van der Waals surface area contributed by atoms with Gasteiger partial charge in [-0.15, -0.1) is 0 Å². The van der Waals surface area contributed by atoms with Crippen LogP contribution in [0.5, 0.6) is 11.8 Å². The summed E-state index contributed by atoms with van der Waals surface area (Å²) in [6.07, 6.45) is 6.72. The monoisotopic (exact) mass is 491 g/mol. The molecule has 10 nitrogen and oxygen atoms in total. The van der Waals surface area contributed by atoms with Crippen LogP contribution in [-0.2, 0) is 29.2 Å². The molecule has 3 rings (SSSR count). The van der Waals surface area contributed by atoms with Crippen molar-refractivity contribution in [1.29, 1.82) is 0 Å². The Bertz CT molecular complexity index is 1040. The number of fused-ring (bicyclic) bond motifs is 5. The van der Waals surface area contributed by atoms with Crippen LogP contribution in [0.4, 0.5) is 8.78 Å². The number of ether oxygens (including phenoxy) is 2. The van der Waals surface area contributed by atoms with E-state index in [1.54, 1.807) is 12.2 Å². The summed E-state index contributed by atoms with van der Waals surface area (Å²) in [7, 11) is -5.97. The molecular formula is C20H23F2NO9S. The summed E-state index contributed by atoms with van der Waals surface area (Å²) >= 11 is 0. The van der Waals surface area contributed by atoms with Crippen LogP contribution in [-0.4, -0.2) is 53.8 Å². The zero-order valence-corrected chi connectivity index (χ0v) is 18.2. The molecular weight excluding hydrogens is 468 g/mol. The number of hydrogen-bond donors (Lipinski definition) is 2. The molecule has 0 aromatic carbocycles. The second-order valence-corrected chi connectivity index (χ2v) is 9.14. The van der Waals surface area contributed by atoms with E-state index in [1.165, 1.54) is 0 Å².